The quantitative estimate of drug-likeness (QED) is 0.453. The topological polar surface area (TPSA) is 65.1 Å². The summed E-state index contributed by atoms with van der Waals surface area (Å²) in [6, 6.07) is 0. The van der Waals surface area contributed by atoms with Gasteiger partial charge in [0.25, 0.3) is 0 Å². The highest BCUT2D eigenvalue weighted by Gasteiger charge is 2.50. The third-order valence-electron chi connectivity index (χ3n) is 4.95. The zero-order chi connectivity index (χ0) is 15.7. The van der Waals surface area contributed by atoms with E-state index in [1.807, 2.05) is 0 Å². The monoisotopic (exact) mass is 308 g/mol. The summed E-state index contributed by atoms with van der Waals surface area (Å²) in [5, 5.41) is 0. The van der Waals surface area contributed by atoms with Gasteiger partial charge in [-0.1, -0.05) is 6.58 Å². The average molecular weight is 308 g/mol. The van der Waals surface area contributed by atoms with Crippen molar-refractivity contribution in [3.05, 3.63) is 12.2 Å². The van der Waals surface area contributed by atoms with E-state index >= 15 is 0 Å². The molecule has 5 heteroatoms. The van der Waals surface area contributed by atoms with Crippen molar-refractivity contribution in [1.82, 2.24) is 0 Å². The first-order valence-electron chi connectivity index (χ1n) is 8.22. The number of carbonyl (C=O) groups is 2. The Kier molecular flexibility index (Phi) is 4.26. The second kappa shape index (κ2) is 6.03. The maximum absolute atomic E-state index is 12.5. The Hall–Kier alpha value is -1.36. The molecule has 0 radical (unpaired) electrons. The van der Waals surface area contributed by atoms with Crippen molar-refractivity contribution in [2.24, 2.45) is 5.92 Å². The summed E-state index contributed by atoms with van der Waals surface area (Å²) >= 11 is 0. The van der Waals surface area contributed by atoms with Crippen molar-refractivity contribution in [3.8, 4) is 0 Å². The molecule has 3 rings (SSSR count). The van der Waals surface area contributed by atoms with E-state index in [-0.39, 0.29) is 0 Å². The molecule has 0 aromatic rings. The first-order chi connectivity index (χ1) is 10.5. The highest BCUT2D eigenvalue weighted by atomic mass is 16.6. The minimum atomic E-state index is -1.14. The van der Waals surface area contributed by atoms with Crippen LogP contribution in [-0.4, -0.2) is 36.4 Å². The first-order valence-corrected chi connectivity index (χ1v) is 8.22. The van der Waals surface area contributed by atoms with Gasteiger partial charge in [0.2, 0.25) is 5.60 Å². The van der Waals surface area contributed by atoms with Crippen LogP contribution in [0, 0.1) is 5.92 Å². The van der Waals surface area contributed by atoms with Crippen LogP contribution in [0.5, 0.6) is 0 Å². The van der Waals surface area contributed by atoms with Crippen LogP contribution in [0.25, 0.3) is 0 Å². The number of ether oxygens (including phenoxy) is 3. The van der Waals surface area contributed by atoms with Crippen LogP contribution in [-0.2, 0) is 23.8 Å². The summed E-state index contributed by atoms with van der Waals surface area (Å²) in [5.74, 6) is -0.555. The van der Waals surface area contributed by atoms with Crippen molar-refractivity contribution >= 4 is 11.9 Å². The molecule has 0 spiro atoms. The molecule has 3 fully saturated rings. The molecule has 4 atom stereocenters. The van der Waals surface area contributed by atoms with E-state index in [1.165, 1.54) is 0 Å². The molecule has 122 valence electrons. The predicted octanol–water partition coefficient (Wildman–Crippen LogP) is 2.53. The lowest BCUT2D eigenvalue weighted by Crippen LogP contribution is -2.46. The van der Waals surface area contributed by atoms with E-state index in [1.54, 1.807) is 6.92 Å². The van der Waals surface area contributed by atoms with Gasteiger partial charge in [-0.25, -0.2) is 9.59 Å². The average Bonchev–Trinajstić information content (AvgIpc) is 3.25. The molecule has 0 aromatic heterocycles. The molecular weight excluding hydrogens is 284 g/mol. The molecule has 0 bridgehead atoms. The highest BCUT2D eigenvalue weighted by Crippen LogP contribution is 2.44. The molecule has 4 unspecified atom stereocenters. The maximum atomic E-state index is 12.5. The van der Waals surface area contributed by atoms with E-state index in [0.717, 1.165) is 32.1 Å². The molecular formula is C17H24O5. The number of carbonyl (C=O) groups excluding carboxylic acids is 2. The van der Waals surface area contributed by atoms with Gasteiger partial charge in [0.1, 0.15) is 0 Å². The molecule has 1 saturated carbocycles. The number of esters is 2. The Morgan fingerprint density at radius 1 is 1.36 bits per heavy atom. The molecule has 1 aliphatic carbocycles. The second-order valence-corrected chi connectivity index (χ2v) is 6.85. The third-order valence-corrected chi connectivity index (χ3v) is 4.95. The van der Waals surface area contributed by atoms with Gasteiger partial charge in [-0.2, -0.15) is 0 Å². The van der Waals surface area contributed by atoms with Crippen LogP contribution in [0.3, 0.4) is 0 Å². The van der Waals surface area contributed by atoms with Gasteiger partial charge < -0.3 is 14.2 Å². The van der Waals surface area contributed by atoms with Gasteiger partial charge in [-0.15, -0.1) is 0 Å². The zero-order valence-corrected chi connectivity index (χ0v) is 13.1. The Morgan fingerprint density at radius 2 is 2.18 bits per heavy atom. The molecule has 2 saturated heterocycles. The molecule has 2 heterocycles. The SMILES string of the molecule is C=C(C)C(=O)OC1(CC2CCC3OC3C2)CCCCOC1=O. The Morgan fingerprint density at radius 3 is 2.91 bits per heavy atom. The number of rotatable bonds is 4. The summed E-state index contributed by atoms with van der Waals surface area (Å²) in [6.07, 6.45) is 6.48. The third kappa shape index (κ3) is 3.19. The largest absolute Gasteiger partial charge is 0.463 e. The zero-order valence-electron chi connectivity index (χ0n) is 13.1. The minimum Gasteiger partial charge on any atom is -0.463 e. The number of fused-ring (bicyclic) bond motifs is 1. The lowest BCUT2D eigenvalue weighted by atomic mass is 9.79. The molecule has 22 heavy (non-hydrogen) atoms. The maximum Gasteiger partial charge on any atom is 0.350 e. The van der Waals surface area contributed by atoms with E-state index in [9.17, 15) is 9.59 Å². The Labute approximate surface area is 131 Å². The van der Waals surface area contributed by atoms with Gasteiger partial charge in [-0.05, 0) is 51.4 Å². The smallest absolute Gasteiger partial charge is 0.350 e. The molecule has 0 N–H and O–H groups in total. The van der Waals surface area contributed by atoms with Crippen LogP contribution >= 0.6 is 0 Å². The van der Waals surface area contributed by atoms with Crippen LogP contribution < -0.4 is 0 Å². The molecule has 0 amide bonds. The molecule has 2 aliphatic heterocycles. The van der Waals surface area contributed by atoms with Gasteiger partial charge >= 0.3 is 11.9 Å². The van der Waals surface area contributed by atoms with Crippen molar-refractivity contribution in [1.29, 1.82) is 0 Å². The van der Waals surface area contributed by atoms with Crippen molar-refractivity contribution in [2.45, 2.75) is 69.7 Å². The summed E-state index contributed by atoms with van der Waals surface area (Å²) < 4.78 is 16.5. The standard InChI is InChI=1S/C17H24O5/c1-11(2)15(18)22-17(7-3-4-8-20-16(17)19)10-12-5-6-13-14(9-12)21-13/h12-14H,1,3-10H2,2H3. The van der Waals surface area contributed by atoms with Gasteiger partial charge in [0, 0.05) is 12.0 Å². The number of epoxide rings is 1. The molecule has 0 aromatic carbocycles. The highest BCUT2D eigenvalue weighted by molar-refractivity contribution is 5.91. The Balaban J connectivity index is 1.75. The fourth-order valence-corrected chi connectivity index (χ4v) is 3.63. The van der Waals surface area contributed by atoms with Crippen molar-refractivity contribution in [3.63, 3.8) is 0 Å². The number of cyclic esters (lactones) is 1. The molecule has 3 aliphatic rings. The van der Waals surface area contributed by atoms with Gasteiger partial charge in [0.05, 0.1) is 18.8 Å². The van der Waals surface area contributed by atoms with E-state index in [4.69, 9.17) is 14.2 Å². The van der Waals surface area contributed by atoms with E-state index in [0.29, 0.717) is 43.1 Å². The molecule has 5 nitrogen and oxygen atoms in total. The van der Waals surface area contributed by atoms with E-state index < -0.39 is 17.5 Å². The summed E-state index contributed by atoms with van der Waals surface area (Å²) in [4.78, 5) is 24.5. The van der Waals surface area contributed by atoms with Crippen LogP contribution in [0.15, 0.2) is 12.2 Å². The fourth-order valence-electron chi connectivity index (χ4n) is 3.63. The van der Waals surface area contributed by atoms with Gasteiger partial charge in [0.15, 0.2) is 0 Å². The first kappa shape index (κ1) is 15.5. The second-order valence-electron chi connectivity index (χ2n) is 6.85. The Bertz CT molecular complexity index is 485. The van der Waals surface area contributed by atoms with Gasteiger partial charge in [-0.3, -0.25) is 0 Å². The fraction of sp³-hybridized carbons (Fsp3) is 0.765. The lowest BCUT2D eigenvalue weighted by molar-refractivity contribution is -0.182. The van der Waals surface area contributed by atoms with Crippen LogP contribution in [0.4, 0.5) is 0 Å². The van der Waals surface area contributed by atoms with Crippen molar-refractivity contribution < 1.29 is 23.8 Å². The minimum absolute atomic E-state index is 0.311. The summed E-state index contributed by atoms with van der Waals surface area (Å²) in [6.45, 7) is 5.62. The number of hydrogen-bond donors (Lipinski definition) is 0. The lowest BCUT2D eigenvalue weighted by Gasteiger charge is -2.33. The van der Waals surface area contributed by atoms with Crippen LogP contribution in [0.2, 0.25) is 0 Å². The normalized spacial score (nSPS) is 37.5. The number of hydrogen-bond acceptors (Lipinski definition) is 5. The summed E-state index contributed by atoms with van der Waals surface area (Å²) in [5.41, 5.74) is -0.829. The van der Waals surface area contributed by atoms with Crippen molar-refractivity contribution in [2.75, 3.05) is 6.61 Å². The van der Waals surface area contributed by atoms with Crippen LogP contribution in [0.1, 0.15) is 51.9 Å². The van der Waals surface area contributed by atoms with E-state index in [2.05, 4.69) is 6.58 Å². The summed E-state index contributed by atoms with van der Waals surface area (Å²) in [7, 11) is 0. The predicted molar refractivity (Wildman–Crippen MR) is 79.1 cm³/mol.